The minimum atomic E-state index is -0.433. The minimum Gasteiger partial charge on any atom is -0.465 e. The van der Waals surface area contributed by atoms with Gasteiger partial charge < -0.3 is 20.9 Å². The number of hydrogen-bond acceptors (Lipinski definition) is 5. The molecule has 1 saturated carbocycles. The lowest BCUT2D eigenvalue weighted by molar-refractivity contribution is 0.0602. The summed E-state index contributed by atoms with van der Waals surface area (Å²) in [5.74, 6) is -0.433. The van der Waals surface area contributed by atoms with E-state index in [0.717, 1.165) is 36.9 Å². The highest BCUT2D eigenvalue weighted by molar-refractivity contribution is 5.97. The molecular formula is C16H24N2O3. The van der Waals surface area contributed by atoms with E-state index >= 15 is 0 Å². The zero-order valence-electron chi connectivity index (χ0n) is 12.7. The Bertz CT molecular complexity index is 522. The van der Waals surface area contributed by atoms with Crippen LogP contribution < -0.4 is 11.1 Å². The predicted molar refractivity (Wildman–Crippen MR) is 83.4 cm³/mol. The van der Waals surface area contributed by atoms with Gasteiger partial charge >= 0.3 is 5.97 Å². The molecule has 5 heteroatoms. The van der Waals surface area contributed by atoms with Crippen molar-refractivity contribution in [1.82, 2.24) is 0 Å². The highest BCUT2D eigenvalue weighted by atomic mass is 16.5. The summed E-state index contributed by atoms with van der Waals surface area (Å²) in [4.78, 5) is 11.7. The first kappa shape index (κ1) is 15.6. The van der Waals surface area contributed by atoms with Gasteiger partial charge in [-0.1, -0.05) is 12.8 Å². The predicted octanol–water partition coefficient (Wildman–Crippen LogP) is 2.33. The monoisotopic (exact) mass is 292 g/mol. The second-order valence-corrected chi connectivity index (χ2v) is 5.96. The number of ether oxygens (including phenoxy) is 1. The van der Waals surface area contributed by atoms with Gasteiger partial charge in [-0.2, -0.15) is 0 Å². The molecule has 116 valence electrons. The van der Waals surface area contributed by atoms with Gasteiger partial charge in [0.15, 0.2) is 0 Å². The van der Waals surface area contributed by atoms with Crippen LogP contribution in [0.15, 0.2) is 12.1 Å². The van der Waals surface area contributed by atoms with E-state index in [1.54, 1.807) is 6.07 Å². The molecule has 1 aromatic rings. The van der Waals surface area contributed by atoms with Crippen LogP contribution in [0.4, 0.5) is 11.4 Å². The number of aryl methyl sites for hydroxylation is 1. The Morgan fingerprint density at radius 1 is 1.43 bits per heavy atom. The maximum atomic E-state index is 11.7. The molecule has 0 unspecified atom stereocenters. The fraction of sp³-hybridized carbons (Fsp3) is 0.562. The summed E-state index contributed by atoms with van der Waals surface area (Å²) in [6.45, 7) is 2.76. The molecule has 1 fully saturated rings. The number of aliphatic hydroxyl groups is 1. The maximum Gasteiger partial charge on any atom is 0.340 e. The lowest BCUT2D eigenvalue weighted by Crippen LogP contribution is -2.30. The molecule has 2 rings (SSSR count). The number of benzene rings is 1. The summed E-state index contributed by atoms with van der Waals surface area (Å²) in [6, 6.07) is 3.63. The second kappa shape index (κ2) is 6.35. The molecule has 1 aliphatic carbocycles. The molecule has 0 aliphatic heterocycles. The van der Waals surface area contributed by atoms with Crippen LogP contribution in [0.2, 0.25) is 0 Å². The van der Waals surface area contributed by atoms with Gasteiger partial charge in [-0.3, -0.25) is 0 Å². The molecule has 0 radical (unpaired) electrons. The summed E-state index contributed by atoms with van der Waals surface area (Å²) < 4.78 is 4.76. The van der Waals surface area contributed by atoms with Gasteiger partial charge in [0, 0.05) is 23.3 Å². The third-order valence-electron chi connectivity index (χ3n) is 4.46. The van der Waals surface area contributed by atoms with Crippen LogP contribution in [-0.4, -0.2) is 31.3 Å². The van der Waals surface area contributed by atoms with E-state index in [1.165, 1.54) is 7.11 Å². The van der Waals surface area contributed by atoms with E-state index in [4.69, 9.17) is 10.5 Å². The number of rotatable bonds is 5. The summed E-state index contributed by atoms with van der Waals surface area (Å²) in [6.07, 6.45) is 4.40. The fourth-order valence-corrected chi connectivity index (χ4v) is 2.98. The maximum absolute atomic E-state index is 11.7. The van der Waals surface area contributed by atoms with Crippen LogP contribution in [0.1, 0.15) is 41.6 Å². The lowest BCUT2D eigenvalue weighted by Gasteiger charge is -2.27. The highest BCUT2D eigenvalue weighted by Gasteiger charge is 2.32. The van der Waals surface area contributed by atoms with Gasteiger partial charge in [0.05, 0.1) is 19.3 Å². The Kier molecular flexibility index (Phi) is 4.73. The van der Waals surface area contributed by atoms with E-state index in [2.05, 4.69) is 5.32 Å². The standard InChI is InChI=1S/C16H24N2O3/c1-11-7-12(8-13(14(11)17)15(20)21-2)18-9-16(10-19)5-3-4-6-16/h7-8,18-19H,3-6,9-10,17H2,1-2H3. The van der Waals surface area contributed by atoms with E-state index in [-0.39, 0.29) is 12.0 Å². The highest BCUT2D eigenvalue weighted by Crippen LogP contribution is 2.38. The van der Waals surface area contributed by atoms with Crippen molar-refractivity contribution in [2.75, 3.05) is 31.3 Å². The minimum absolute atomic E-state index is 0.0410. The van der Waals surface area contributed by atoms with Crippen molar-refractivity contribution in [3.63, 3.8) is 0 Å². The van der Waals surface area contributed by atoms with Gasteiger partial charge in [-0.15, -0.1) is 0 Å². The number of carbonyl (C=O) groups is 1. The van der Waals surface area contributed by atoms with Crippen molar-refractivity contribution in [2.45, 2.75) is 32.6 Å². The second-order valence-electron chi connectivity index (χ2n) is 5.96. The first-order valence-corrected chi connectivity index (χ1v) is 7.34. The van der Waals surface area contributed by atoms with Gasteiger partial charge in [0.2, 0.25) is 0 Å². The Labute approximate surface area is 125 Å². The van der Waals surface area contributed by atoms with Crippen LogP contribution in [0.25, 0.3) is 0 Å². The summed E-state index contributed by atoms with van der Waals surface area (Å²) >= 11 is 0. The van der Waals surface area contributed by atoms with Crippen molar-refractivity contribution < 1.29 is 14.6 Å². The zero-order valence-corrected chi connectivity index (χ0v) is 12.7. The van der Waals surface area contributed by atoms with E-state index in [1.807, 2.05) is 13.0 Å². The van der Waals surface area contributed by atoms with E-state index in [0.29, 0.717) is 17.8 Å². The van der Waals surface area contributed by atoms with Crippen LogP contribution in [0.3, 0.4) is 0 Å². The molecule has 21 heavy (non-hydrogen) atoms. The molecule has 0 heterocycles. The van der Waals surface area contributed by atoms with Crippen LogP contribution in [0, 0.1) is 12.3 Å². The topological polar surface area (TPSA) is 84.6 Å². The van der Waals surface area contributed by atoms with Crippen molar-refractivity contribution in [1.29, 1.82) is 0 Å². The van der Waals surface area contributed by atoms with Crippen molar-refractivity contribution in [3.8, 4) is 0 Å². The third kappa shape index (κ3) is 3.29. The van der Waals surface area contributed by atoms with E-state index in [9.17, 15) is 9.90 Å². The van der Waals surface area contributed by atoms with Crippen molar-refractivity contribution in [2.24, 2.45) is 5.41 Å². The molecule has 4 N–H and O–H groups in total. The molecule has 0 amide bonds. The van der Waals surface area contributed by atoms with Crippen LogP contribution in [-0.2, 0) is 4.74 Å². The van der Waals surface area contributed by atoms with Crippen molar-refractivity contribution >= 4 is 17.3 Å². The molecular weight excluding hydrogens is 268 g/mol. The summed E-state index contributed by atoms with van der Waals surface area (Å²) in [5.41, 5.74) is 8.39. The molecule has 0 spiro atoms. The molecule has 0 atom stereocenters. The number of methoxy groups -OCH3 is 1. The molecule has 5 nitrogen and oxygen atoms in total. The number of aliphatic hydroxyl groups excluding tert-OH is 1. The smallest absolute Gasteiger partial charge is 0.340 e. The van der Waals surface area contributed by atoms with E-state index < -0.39 is 5.97 Å². The molecule has 0 saturated heterocycles. The zero-order chi connectivity index (χ0) is 15.5. The number of hydrogen-bond donors (Lipinski definition) is 3. The lowest BCUT2D eigenvalue weighted by atomic mass is 9.87. The molecule has 1 aliphatic rings. The van der Waals surface area contributed by atoms with Crippen LogP contribution >= 0.6 is 0 Å². The Hall–Kier alpha value is -1.75. The molecule has 0 bridgehead atoms. The van der Waals surface area contributed by atoms with Gasteiger partial charge in [0.1, 0.15) is 0 Å². The largest absolute Gasteiger partial charge is 0.465 e. The Morgan fingerprint density at radius 3 is 2.67 bits per heavy atom. The van der Waals surface area contributed by atoms with Gasteiger partial charge in [0.25, 0.3) is 0 Å². The number of nitrogens with two attached hydrogens (primary N) is 1. The average molecular weight is 292 g/mol. The SMILES string of the molecule is COC(=O)c1cc(NCC2(CO)CCCC2)cc(C)c1N. The average Bonchev–Trinajstić information content (AvgIpc) is 2.97. The number of anilines is 2. The number of nitrogen functional groups attached to an aromatic ring is 1. The summed E-state index contributed by atoms with van der Waals surface area (Å²) in [7, 11) is 1.34. The fourth-order valence-electron chi connectivity index (χ4n) is 2.98. The Morgan fingerprint density at radius 2 is 2.10 bits per heavy atom. The Balaban J connectivity index is 2.17. The summed E-state index contributed by atoms with van der Waals surface area (Å²) in [5, 5.41) is 13.0. The van der Waals surface area contributed by atoms with Crippen molar-refractivity contribution in [3.05, 3.63) is 23.3 Å². The van der Waals surface area contributed by atoms with Crippen LogP contribution in [0.5, 0.6) is 0 Å². The third-order valence-corrected chi connectivity index (χ3v) is 4.46. The first-order valence-electron chi connectivity index (χ1n) is 7.34. The van der Waals surface area contributed by atoms with Gasteiger partial charge in [-0.05, 0) is 37.5 Å². The van der Waals surface area contributed by atoms with Gasteiger partial charge in [-0.25, -0.2) is 4.79 Å². The molecule has 0 aromatic heterocycles. The normalized spacial score (nSPS) is 16.7. The number of carbonyl (C=O) groups excluding carboxylic acids is 1. The molecule has 1 aromatic carbocycles. The number of nitrogens with one attached hydrogen (secondary N) is 1. The first-order chi connectivity index (χ1) is 10.0. The quantitative estimate of drug-likeness (QED) is 0.573. The number of esters is 1.